The van der Waals surface area contributed by atoms with E-state index in [-0.39, 0.29) is 5.28 Å². The molecule has 0 fully saturated rings. The molecule has 0 aliphatic heterocycles. The number of rotatable bonds is 4. The molecular weight excluding hydrogens is 260 g/mol. The molecule has 0 atom stereocenters. The van der Waals surface area contributed by atoms with Crippen LogP contribution in [0.1, 0.15) is 19.4 Å². The highest BCUT2D eigenvalue weighted by Gasteiger charge is 2.12. The van der Waals surface area contributed by atoms with Crippen LogP contribution in [0.2, 0.25) is 5.28 Å². The van der Waals surface area contributed by atoms with E-state index >= 15 is 0 Å². The van der Waals surface area contributed by atoms with Crippen LogP contribution in [0, 0.1) is 6.92 Å². The summed E-state index contributed by atoms with van der Waals surface area (Å²) >= 11 is 6.02. The Bertz CT molecular complexity index is 567. The fourth-order valence-electron chi connectivity index (χ4n) is 1.93. The molecule has 0 radical (unpaired) electrons. The molecule has 2 rings (SSSR count). The first-order valence-electron chi connectivity index (χ1n) is 6.38. The number of aromatic nitrogens is 3. The molecule has 19 heavy (non-hydrogen) atoms. The van der Waals surface area contributed by atoms with Gasteiger partial charge in [0.25, 0.3) is 0 Å². The van der Waals surface area contributed by atoms with Gasteiger partial charge in [-0.05, 0) is 37.9 Å². The molecule has 0 saturated carbocycles. The molecule has 0 bridgehead atoms. The van der Waals surface area contributed by atoms with Crippen LogP contribution in [0.15, 0.2) is 24.3 Å². The monoisotopic (exact) mass is 276 g/mol. The lowest BCUT2D eigenvalue weighted by Gasteiger charge is -2.18. The van der Waals surface area contributed by atoms with E-state index in [1.54, 1.807) is 0 Å². The summed E-state index contributed by atoms with van der Waals surface area (Å²) in [5.41, 5.74) is 2.11. The smallest absolute Gasteiger partial charge is 0.230 e. The van der Waals surface area contributed by atoms with E-state index in [2.05, 4.69) is 33.7 Å². The van der Waals surface area contributed by atoms with Crippen LogP contribution in [0.4, 0.5) is 5.95 Å². The fourth-order valence-corrected chi connectivity index (χ4v) is 2.09. The summed E-state index contributed by atoms with van der Waals surface area (Å²) in [5.74, 6) is 1.25. The van der Waals surface area contributed by atoms with Gasteiger partial charge in [0.2, 0.25) is 11.2 Å². The van der Waals surface area contributed by atoms with Gasteiger partial charge >= 0.3 is 0 Å². The first-order valence-corrected chi connectivity index (χ1v) is 6.76. The van der Waals surface area contributed by atoms with E-state index in [1.165, 1.54) is 0 Å². The van der Waals surface area contributed by atoms with Gasteiger partial charge in [0.1, 0.15) is 0 Å². The Morgan fingerprint density at radius 1 is 1.05 bits per heavy atom. The Morgan fingerprint density at radius 2 is 1.74 bits per heavy atom. The second-order valence-electron chi connectivity index (χ2n) is 4.22. The summed E-state index contributed by atoms with van der Waals surface area (Å²) < 4.78 is 0. The highest BCUT2D eigenvalue weighted by Crippen LogP contribution is 2.22. The molecule has 0 unspecified atom stereocenters. The third kappa shape index (κ3) is 3.01. The summed E-state index contributed by atoms with van der Waals surface area (Å²) in [4.78, 5) is 15.0. The number of benzene rings is 1. The SMILES string of the molecule is CCN(CC)c1nc(Cl)nc(-c2ccccc2C)n1. The number of hydrogen-bond donors (Lipinski definition) is 0. The average molecular weight is 277 g/mol. The fraction of sp³-hybridized carbons (Fsp3) is 0.357. The predicted molar refractivity (Wildman–Crippen MR) is 78.6 cm³/mol. The zero-order valence-corrected chi connectivity index (χ0v) is 12.1. The molecular formula is C14H17ClN4. The molecule has 0 amide bonds. The standard InChI is InChI=1S/C14H17ClN4/c1-4-19(5-2)14-17-12(16-13(15)18-14)11-9-7-6-8-10(11)3/h6-9H,4-5H2,1-3H3. The van der Waals surface area contributed by atoms with Crippen molar-refractivity contribution >= 4 is 17.5 Å². The molecule has 0 spiro atoms. The first-order chi connectivity index (χ1) is 9.15. The minimum Gasteiger partial charge on any atom is -0.341 e. The van der Waals surface area contributed by atoms with E-state index < -0.39 is 0 Å². The molecule has 1 aromatic carbocycles. The van der Waals surface area contributed by atoms with Gasteiger partial charge in [0.15, 0.2) is 5.82 Å². The van der Waals surface area contributed by atoms with Gasteiger partial charge in [-0.15, -0.1) is 0 Å². The maximum absolute atomic E-state index is 6.02. The van der Waals surface area contributed by atoms with E-state index in [1.807, 2.05) is 31.2 Å². The van der Waals surface area contributed by atoms with E-state index in [4.69, 9.17) is 11.6 Å². The maximum atomic E-state index is 6.02. The first kappa shape index (κ1) is 13.7. The lowest BCUT2D eigenvalue weighted by Crippen LogP contribution is -2.24. The molecule has 0 N–H and O–H groups in total. The van der Waals surface area contributed by atoms with E-state index in [9.17, 15) is 0 Å². The third-order valence-electron chi connectivity index (χ3n) is 3.03. The van der Waals surface area contributed by atoms with Crippen molar-refractivity contribution < 1.29 is 0 Å². The van der Waals surface area contributed by atoms with E-state index in [0.29, 0.717) is 11.8 Å². The minimum absolute atomic E-state index is 0.232. The molecule has 0 saturated heterocycles. The molecule has 1 aromatic heterocycles. The van der Waals surface area contributed by atoms with Crippen molar-refractivity contribution in [3.05, 3.63) is 35.1 Å². The van der Waals surface area contributed by atoms with Crippen molar-refractivity contribution in [2.24, 2.45) is 0 Å². The molecule has 0 aliphatic rings. The Hall–Kier alpha value is -1.68. The quantitative estimate of drug-likeness (QED) is 0.859. The predicted octanol–water partition coefficient (Wildman–Crippen LogP) is 3.35. The lowest BCUT2D eigenvalue weighted by atomic mass is 10.1. The van der Waals surface area contributed by atoms with Crippen LogP contribution in [-0.2, 0) is 0 Å². The minimum atomic E-state index is 0.232. The molecule has 4 nitrogen and oxygen atoms in total. The van der Waals surface area contributed by atoms with Gasteiger partial charge in [-0.1, -0.05) is 24.3 Å². The van der Waals surface area contributed by atoms with Crippen LogP contribution in [-0.4, -0.2) is 28.0 Å². The Morgan fingerprint density at radius 3 is 2.37 bits per heavy atom. The largest absolute Gasteiger partial charge is 0.341 e. The zero-order chi connectivity index (χ0) is 13.8. The second-order valence-corrected chi connectivity index (χ2v) is 4.55. The summed E-state index contributed by atoms with van der Waals surface area (Å²) in [6.45, 7) is 7.83. The van der Waals surface area contributed by atoms with Gasteiger partial charge in [-0.2, -0.15) is 15.0 Å². The van der Waals surface area contributed by atoms with Crippen LogP contribution in [0.3, 0.4) is 0 Å². The van der Waals surface area contributed by atoms with Gasteiger partial charge in [-0.3, -0.25) is 0 Å². The lowest BCUT2D eigenvalue weighted by molar-refractivity contribution is 0.813. The second kappa shape index (κ2) is 5.97. The van der Waals surface area contributed by atoms with Crippen molar-refractivity contribution in [2.75, 3.05) is 18.0 Å². The number of halogens is 1. The summed E-state index contributed by atoms with van der Waals surface area (Å²) in [6.07, 6.45) is 0. The number of anilines is 1. The van der Waals surface area contributed by atoms with Crippen molar-refractivity contribution in [3.8, 4) is 11.4 Å². The highest BCUT2D eigenvalue weighted by molar-refractivity contribution is 6.28. The van der Waals surface area contributed by atoms with E-state index in [0.717, 1.165) is 24.2 Å². The van der Waals surface area contributed by atoms with Crippen molar-refractivity contribution in [3.63, 3.8) is 0 Å². The summed E-state index contributed by atoms with van der Waals surface area (Å²) in [7, 11) is 0. The molecule has 0 aliphatic carbocycles. The number of nitrogens with zero attached hydrogens (tertiary/aromatic N) is 4. The molecule has 100 valence electrons. The van der Waals surface area contributed by atoms with Crippen molar-refractivity contribution in [1.82, 2.24) is 15.0 Å². The van der Waals surface area contributed by atoms with Gasteiger partial charge in [0, 0.05) is 18.7 Å². The number of aryl methyl sites for hydroxylation is 1. The Balaban J connectivity index is 2.51. The Labute approximate surface area is 118 Å². The van der Waals surface area contributed by atoms with Crippen molar-refractivity contribution in [1.29, 1.82) is 0 Å². The average Bonchev–Trinajstić information content (AvgIpc) is 2.40. The normalized spacial score (nSPS) is 10.5. The zero-order valence-electron chi connectivity index (χ0n) is 11.4. The third-order valence-corrected chi connectivity index (χ3v) is 3.20. The highest BCUT2D eigenvalue weighted by atomic mass is 35.5. The van der Waals surface area contributed by atoms with Gasteiger partial charge < -0.3 is 4.90 Å². The number of hydrogen-bond acceptors (Lipinski definition) is 4. The van der Waals surface area contributed by atoms with Crippen LogP contribution >= 0.6 is 11.6 Å². The summed E-state index contributed by atoms with van der Waals surface area (Å²) in [5, 5.41) is 0.232. The van der Waals surface area contributed by atoms with Crippen LogP contribution in [0.25, 0.3) is 11.4 Å². The van der Waals surface area contributed by atoms with Gasteiger partial charge in [-0.25, -0.2) is 0 Å². The Kier molecular flexibility index (Phi) is 4.32. The van der Waals surface area contributed by atoms with Crippen LogP contribution < -0.4 is 4.90 Å². The summed E-state index contributed by atoms with van der Waals surface area (Å²) in [6, 6.07) is 7.99. The van der Waals surface area contributed by atoms with Crippen molar-refractivity contribution in [2.45, 2.75) is 20.8 Å². The molecule has 1 heterocycles. The maximum Gasteiger partial charge on any atom is 0.230 e. The van der Waals surface area contributed by atoms with Gasteiger partial charge in [0.05, 0.1) is 0 Å². The molecule has 5 heteroatoms. The topological polar surface area (TPSA) is 41.9 Å². The molecule has 2 aromatic rings. The van der Waals surface area contributed by atoms with Crippen LogP contribution in [0.5, 0.6) is 0 Å².